The topological polar surface area (TPSA) is 66.6 Å². The second-order valence-electron chi connectivity index (χ2n) is 5.02. The Labute approximate surface area is 111 Å². The van der Waals surface area contributed by atoms with Crippen LogP contribution in [-0.2, 0) is 6.54 Å². The van der Waals surface area contributed by atoms with Crippen molar-refractivity contribution in [1.82, 2.24) is 14.7 Å². The van der Waals surface area contributed by atoms with E-state index in [1.54, 1.807) is 22.7 Å². The summed E-state index contributed by atoms with van der Waals surface area (Å²) in [5.74, 6) is -0.925. The number of carboxylic acids is 1. The molecule has 0 amide bonds. The Hall–Kier alpha value is -1.88. The Morgan fingerprint density at radius 2 is 2.21 bits per heavy atom. The van der Waals surface area contributed by atoms with Gasteiger partial charge in [-0.15, -0.1) is 0 Å². The molecule has 3 rings (SSSR count). The maximum Gasteiger partial charge on any atom is 0.352 e. The van der Waals surface area contributed by atoms with Crippen molar-refractivity contribution in [3.05, 3.63) is 35.8 Å². The maximum atomic E-state index is 11.3. The van der Waals surface area contributed by atoms with Crippen LogP contribution in [0.25, 0.3) is 5.65 Å². The lowest BCUT2D eigenvalue weighted by Gasteiger charge is -2.12. The van der Waals surface area contributed by atoms with E-state index in [4.69, 9.17) is 0 Å². The van der Waals surface area contributed by atoms with E-state index in [-0.39, 0.29) is 5.69 Å². The van der Waals surface area contributed by atoms with Crippen LogP contribution in [0.15, 0.2) is 24.4 Å². The predicted molar refractivity (Wildman–Crippen MR) is 71.2 cm³/mol. The van der Waals surface area contributed by atoms with Crippen molar-refractivity contribution in [2.75, 3.05) is 0 Å². The van der Waals surface area contributed by atoms with Gasteiger partial charge in [0, 0.05) is 12.6 Å². The Bertz CT molecular complexity index is 600. The van der Waals surface area contributed by atoms with Gasteiger partial charge in [0.15, 0.2) is 0 Å². The molecule has 2 aromatic rings. The van der Waals surface area contributed by atoms with Gasteiger partial charge in [0.1, 0.15) is 11.3 Å². The average Bonchev–Trinajstić information content (AvgIpc) is 3.05. The summed E-state index contributed by atoms with van der Waals surface area (Å²) in [5, 5.41) is 12.7. The minimum atomic E-state index is -0.925. The van der Waals surface area contributed by atoms with Crippen LogP contribution in [0.1, 0.15) is 41.9 Å². The first-order valence-corrected chi connectivity index (χ1v) is 6.68. The molecule has 2 N–H and O–H groups in total. The monoisotopic (exact) mass is 259 g/mol. The molecule has 2 aromatic heterocycles. The molecule has 1 aliphatic rings. The highest BCUT2D eigenvalue weighted by atomic mass is 16.4. The van der Waals surface area contributed by atoms with Crippen molar-refractivity contribution in [2.45, 2.75) is 38.3 Å². The Morgan fingerprint density at radius 3 is 2.95 bits per heavy atom. The lowest BCUT2D eigenvalue weighted by molar-refractivity contribution is 0.0688. The van der Waals surface area contributed by atoms with Crippen LogP contribution in [0.3, 0.4) is 0 Å². The fourth-order valence-electron chi connectivity index (χ4n) is 2.77. The zero-order valence-corrected chi connectivity index (χ0v) is 10.7. The lowest BCUT2D eigenvalue weighted by atomic mass is 10.2. The van der Waals surface area contributed by atoms with E-state index in [2.05, 4.69) is 10.3 Å². The summed E-state index contributed by atoms with van der Waals surface area (Å²) >= 11 is 0. The molecule has 5 nitrogen and oxygen atoms in total. The molecule has 1 saturated carbocycles. The van der Waals surface area contributed by atoms with E-state index in [0.717, 1.165) is 5.69 Å². The summed E-state index contributed by atoms with van der Waals surface area (Å²) in [5.41, 5.74) is 1.85. The van der Waals surface area contributed by atoms with Gasteiger partial charge in [-0.05, 0) is 25.0 Å². The van der Waals surface area contributed by atoms with Gasteiger partial charge < -0.3 is 10.4 Å². The molecule has 0 aliphatic heterocycles. The van der Waals surface area contributed by atoms with Gasteiger partial charge in [-0.1, -0.05) is 18.9 Å². The second-order valence-corrected chi connectivity index (χ2v) is 5.02. The summed E-state index contributed by atoms with van der Waals surface area (Å²) in [6, 6.07) is 5.71. The molecule has 0 unspecified atom stereocenters. The smallest absolute Gasteiger partial charge is 0.352 e. The van der Waals surface area contributed by atoms with E-state index in [9.17, 15) is 9.90 Å². The van der Waals surface area contributed by atoms with Crippen molar-refractivity contribution in [3.63, 3.8) is 0 Å². The number of aromatic carboxylic acids is 1. The van der Waals surface area contributed by atoms with Crippen LogP contribution in [0.4, 0.5) is 0 Å². The molecular formula is C14H17N3O2. The zero-order chi connectivity index (χ0) is 13.2. The standard InChI is InChI=1S/C14H17N3O2/c18-14(19)12-6-3-7-13-16-9-11(17(12)13)8-15-10-4-1-2-5-10/h3,6-7,9-10,15H,1-2,4-5,8H2,(H,18,19). The fourth-order valence-corrected chi connectivity index (χ4v) is 2.77. The second kappa shape index (κ2) is 5.01. The summed E-state index contributed by atoms with van der Waals surface area (Å²) in [7, 11) is 0. The van der Waals surface area contributed by atoms with Gasteiger partial charge in [0.2, 0.25) is 0 Å². The fraction of sp³-hybridized carbons (Fsp3) is 0.429. The zero-order valence-electron chi connectivity index (χ0n) is 10.7. The van der Waals surface area contributed by atoms with Crippen LogP contribution in [-0.4, -0.2) is 26.5 Å². The largest absolute Gasteiger partial charge is 0.477 e. The van der Waals surface area contributed by atoms with Crippen LogP contribution in [0, 0.1) is 0 Å². The van der Waals surface area contributed by atoms with E-state index in [1.807, 2.05) is 6.07 Å². The molecule has 1 fully saturated rings. The highest BCUT2D eigenvalue weighted by molar-refractivity contribution is 5.86. The third-order valence-electron chi connectivity index (χ3n) is 3.75. The number of nitrogens with zero attached hydrogens (tertiary/aromatic N) is 2. The number of hydrogen-bond donors (Lipinski definition) is 2. The van der Waals surface area contributed by atoms with Crippen LogP contribution < -0.4 is 5.32 Å². The van der Waals surface area contributed by atoms with Crippen LogP contribution >= 0.6 is 0 Å². The van der Waals surface area contributed by atoms with Crippen molar-refractivity contribution >= 4 is 11.6 Å². The molecule has 0 radical (unpaired) electrons. The number of pyridine rings is 1. The van der Waals surface area contributed by atoms with Crippen molar-refractivity contribution in [2.24, 2.45) is 0 Å². The quantitative estimate of drug-likeness (QED) is 0.882. The molecule has 0 bridgehead atoms. The minimum absolute atomic E-state index is 0.262. The molecule has 1 aliphatic carbocycles. The predicted octanol–water partition coefficient (Wildman–Crippen LogP) is 2.06. The van der Waals surface area contributed by atoms with Gasteiger partial charge in [0.05, 0.1) is 11.9 Å². The minimum Gasteiger partial charge on any atom is -0.477 e. The number of carbonyl (C=O) groups is 1. The van der Waals surface area contributed by atoms with E-state index >= 15 is 0 Å². The van der Waals surface area contributed by atoms with Gasteiger partial charge in [-0.2, -0.15) is 0 Å². The Kier molecular flexibility index (Phi) is 3.21. The highest BCUT2D eigenvalue weighted by Gasteiger charge is 2.16. The number of aromatic nitrogens is 2. The SMILES string of the molecule is O=C(O)c1cccc2ncc(CNC3CCCC3)n12. The Balaban J connectivity index is 1.88. The summed E-state index contributed by atoms with van der Waals surface area (Å²) < 4.78 is 1.71. The Morgan fingerprint density at radius 1 is 1.42 bits per heavy atom. The number of hydrogen-bond acceptors (Lipinski definition) is 3. The molecule has 0 spiro atoms. The normalized spacial score (nSPS) is 16.2. The number of fused-ring (bicyclic) bond motifs is 1. The first kappa shape index (κ1) is 12.2. The molecule has 2 heterocycles. The maximum absolute atomic E-state index is 11.3. The third-order valence-corrected chi connectivity index (χ3v) is 3.75. The molecule has 19 heavy (non-hydrogen) atoms. The summed E-state index contributed by atoms with van der Waals surface area (Å²) in [4.78, 5) is 15.5. The first-order chi connectivity index (χ1) is 9.25. The van der Waals surface area contributed by atoms with Gasteiger partial charge in [-0.25, -0.2) is 9.78 Å². The molecule has 0 saturated heterocycles. The number of rotatable bonds is 4. The van der Waals surface area contributed by atoms with Crippen molar-refractivity contribution < 1.29 is 9.90 Å². The van der Waals surface area contributed by atoms with Gasteiger partial charge in [0.25, 0.3) is 0 Å². The lowest BCUT2D eigenvalue weighted by Crippen LogP contribution is -2.26. The number of nitrogens with one attached hydrogen (secondary N) is 1. The molecule has 5 heteroatoms. The molecule has 0 atom stereocenters. The van der Waals surface area contributed by atoms with Crippen molar-refractivity contribution in [3.8, 4) is 0 Å². The number of carboxylic acid groups (broad SMARTS) is 1. The molecule has 0 aromatic carbocycles. The van der Waals surface area contributed by atoms with E-state index < -0.39 is 5.97 Å². The van der Waals surface area contributed by atoms with Gasteiger partial charge >= 0.3 is 5.97 Å². The summed E-state index contributed by atoms with van der Waals surface area (Å²) in [6.45, 7) is 0.663. The molecular weight excluding hydrogens is 242 g/mol. The average molecular weight is 259 g/mol. The third kappa shape index (κ3) is 2.33. The van der Waals surface area contributed by atoms with E-state index in [0.29, 0.717) is 18.2 Å². The van der Waals surface area contributed by atoms with Crippen LogP contribution in [0.5, 0.6) is 0 Å². The molecule has 100 valence electrons. The highest BCUT2D eigenvalue weighted by Crippen LogP contribution is 2.18. The summed E-state index contributed by atoms with van der Waals surface area (Å²) in [6.07, 6.45) is 6.74. The van der Waals surface area contributed by atoms with Crippen molar-refractivity contribution in [1.29, 1.82) is 0 Å². The van der Waals surface area contributed by atoms with E-state index in [1.165, 1.54) is 25.7 Å². The first-order valence-electron chi connectivity index (χ1n) is 6.68. The van der Waals surface area contributed by atoms with Gasteiger partial charge in [-0.3, -0.25) is 4.40 Å². The van der Waals surface area contributed by atoms with Crippen LogP contribution in [0.2, 0.25) is 0 Å². The number of imidazole rings is 1.